The van der Waals surface area contributed by atoms with Gasteiger partial charge in [0.25, 0.3) is 0 Å². The molecule has 1 rings (SSSR count). The highest BCUT2D eigenvalue weighted by atomic mass is 16.3. The largest absolute Gasteiger partial charge is 0.506 e. The van der Waals surface area contributed by atoms with Crippen LogP contribution in [-0.4, -0.2) is 17.1 Å². The van der Waals surface area contributed by atoms with Crippen molar-refractivity contribution in [3.05, 3.63) is 23.8 Å². The van der Waals surface area contributed by atoms with Crippen LogP contribution in [0.15, 0.2) is 18.2 Å². The Kier molecular flexibility index (Phi) is 5.65. The van der Waals surface area contributed by atoms with E-state index in [2.05, 4.69) is 5.32 Å². The summed E-state index contributed by atoms with van der Waals surface area (Å²) in [6.45, 7) is 4.06. The van der Waals surface area contributed by atoms with Gasteiger partial charge in [0, 0.05) is 12.5 Å². The minimum Gasteiger partial charge on any atom is -0.506 e. The van der Waals surface area contributed by atoms with Crippen LogP contribution in [0.1, 0.15) is 38.7 Å². The normalized spacial score (nSPS) is 12.2. The average molecular weight is 250 g/mol. The highest BCUT2D eigenvalue weighted by Gasteiger charge is 2.11. The summed E-state index contributed by atoms with van der Waals surface area (Å²) in [5, 5.41) is 12.4. The molecule has 4 N–H and O–H groups in total. The molecule has 0 fully saturated rings. The van der Waals surface area contributed by atoms with Gasteiger partial charge in [-0.2, -0.15) is 0 Å². The maximum atomic E-state index is 11.7. The molecule has 0 radical (unpaired) electrons. The molecule has 1 unspecified atom stereocenters. The first-order valence-electron chi connectivity index (χ1n) is 6.44. The maximum absolute atomic E-state index is 11.7. The molecule has 1 amide bonds. The van der Waals surface area contributed by atoms with Crippen LogP contribution >= 0.6 is 0 Å². The topological polar surface area (TPSA) is 75.4 Å². The smallest absolute Gasteiger partial charge is 0.226 e. The second-order valence-electron chi connectivity index (χ2n) is 4.51. The number of carbonyl (C=O) groups is 1. The molecule has 1 aromatic rings. The van der Waals surface area contributed by atoms with Gasteiger partial charge in [0.2, 0.25) is 5.91 Å². The van der Waals surface area contributed by atoms with E-state index in [4.69, 9.17) is 5.73 Å². The van der Waals surface area contributed by atoms with Gasteiger partial charge in [-0.15, -0.1) is 0 Å². The van der Waals surface area contributed by atoms with Crippen molar-refractivity contribution >= 4 is 11.6 Å². The fraction of sp³-hybridized carbons (Fsp3) is 0.500. The lowest BCUT2D eigenvalue weighted by Crippen LogP contribution is -2.26. The Morgan fingerprint density at radius 3 is 2.78 bits per heavy atom. The lowest BCUT2D eigenvalue weighted by atomic mass is 10.1. The Balaban J connectivity index is 2.63. The molecule has 4 nitrogen and oxygen atoms in total. The maximum Gasteiger partial charge on any atom is 0.226 e. The second kappa shape index (κ2) is 7.01. The zero-order valence-electron chi connectivity index (χ0n) is 11.1. The monoisotopic (exact) mass is 250 g/mol. The first-order chi connectivity index (χ1) is 8.56. The van der Waals surface area contributed by atoms with Crippen molar-refractivity contribution in [2.24, 2.45) is 5.73 Å². The number of phenols is 1. The highest BCUT2D eigenvalue weighted by Crippen LogP contribution is 2.24. The fourth-order valence-corrected chi connectivity index (χ4v) is 1.82. The predicted molar refractivity (Wildman–Crippen MR) is 73.6 cm³/mol. The number of nitrogens with two attached hydrogens (primary N) is 1. The van der Waals surface area contributed by atoms with Crippen LogP contribution in [0.4, 0.5) is 5.69 Å². The SMILES string of the molecule is CCCC(N)CC(=O)Nc1cc(CC)ccc1O. The molecule has 0 aliphatic heterocycles. The number of anilines is 1. The van der Waals surface area contributed by atoms with E-state index < -0.39 is 0 Å². The lowest BCUT2D eigenvalue weighted by molar-refractivity contribution is -0.116. The van der Waals surface area contributed by atoms with Crippen molar-refractivity contribution in [3.8, 4) is 5.75 Å². The molecule has 18 heavy (non-hydrogen) atoms. The molecular weight excluding hydrogens is 228 g/mol. The molecule has 0 aliphatic rings. The van der Waals surface area contributed by atoms with Gasteiger partial charge in [0.1, 0.15) is 5.75 Å². The minimum atomic E-state index is -0.153. The summed E-state index contributed by atoms with van der Waals surface area (Å²) < 4.78 is 0. The lowest BCUT2D eigenvalue weighted by Gasteiger charge is -2.12. The summed E-state index contributed by atoms with van der Waals surface area (Å²) in [5.41, 5.74) is 7.34. The predicted octanol–water partition coefficient (Wildman–Crippen LogP) is 2.41. The number of nitrogens with one attached hydrogen (secondary N) is 1. The Bertz CT molecular complexity index is 405. The summed E-state index contributed by atoms with van der Waals surface area (Å²) >= 11 is 0. The number of hydrogen-bond acceptors (Lipinski definition) is 3. The summed E-state index contributed by atoms with van der Waals surface area (Å²) in [4.78, 5) is 11.7. The Labute approximate surface area is 108 Å². The molecule has 0 saturated heterocycles. The number of rotatable bonds is 6. The Morgan fingerprint density at radius 1 is 1.44 bits per heavy atom. The molecule has 0 saturated carbocycles. The van der Waals surface area contributed by atoms with E-state index in [-0.39, 0.29) is 24.1 Å². The Morgan fingerprint density at radius 2 is 2.17 bits per heavy atom. The quantitative estimate of drug-likeness (QED) is 0.679. The van der Waals surface area contributed by atoms with Gasteiger partial charge in [0.15, 0.2) is 0 Å². The molecule has 0 aromatic heterocycles. The Hall–Kier alpha value is -1.55. The van der Waals surface area contributed by atoms with Gasteiger partial charge in [-0.25, -0.2) is 0 Å². The molecule has 4 heteroatoms. The first-order valence-corrected chi connectivity index (χ1v) is 6.44. The summed E-state index contributed by atoms with van der Waals surface area (Å²) in [5.74, 6) is -0.0656. The van der Waals surface area contributed by atoms with Crippen LogP contribution in [0.5, 0.6) is 5.75 Å². The molecular formula is C14H22N2O2. The van der Waals surface area contributed by atoms with E-state index in [1.807, 2.05) is 19.9 Å². The van der Waals surface area contributed by atoms with Gasteiger partial charge in [-0.05, 0) is 30.5 Å². The molecule has 0 aliphatic carbocycles. The summed E-state index contributed by atoms with van der Waals surface area (Å²) in [6, 6.07) is 5.11. The van der Waals surface area contributed by atoms with E-state index >= 15 is 0 Å². The fourth-order valence-electron chi connectivity index (χ4n) is 1.82. The molecule has 1 atom stereocenters. The van der Waals surface area contributed by atoms with Gasteiger partial charge < -0.3 is 16.2 Å². The van der Waals surface area contributed by atoms with Crippen LogP contribution in [-0.2, 0) is 11.2 Å². The van der Waals surface area contributed by atoms with E-state index in [9.17, 15) is 9.90 Å². The molecule has 0 spiro atoms. The van der Waals surface area contributed by atoms with Crippen LogP contribution < -0.4 is 11.1 Å². The van der Waals surface area contributed by atoms with Gasteiger partial charge in [-0.3, -0.25) is 4.79 Å². The van der Waals surface area contributed by atoms with Crippen LogP contribution in [0, 0.1) is 0 Å². The number of aromatic hydroxyl groups is 1. The van der Waals surface area contributed by atoms with Gasteiger partial charge in [0.05, 0.1) is 5.69 Å². The van der Waals surface area contributed by atoms with Gasteiger partial charge in [-0.1, -0.05) is 26.3 Å². The van der Waals surface area contributed by atoms with Crippen molar-refractivity contribution in [1.29, 1.82) is 0 Å². The zero-order chi connectivity index (χ0) is 13.5. The third-order valence-corrected chi connectivity index (χ3v) is 2.85. The van der Waals surface area contributed by atoms with E-state index in [1.54, 1.807) is 12.1 Å². The molecule has 0 bridgehead atoms. The van der Waals surface area contributed by atoms with Crippen LogP contribution in [0.3, 0.4) is 0 Å². The second-order valence-corrected chi connectivity index (χ2v) is 4.51. The van der Waals surface area contributed by atoms with Crippen molar-refractivity contribution in [2.45, 2.75) is 45.6 Å². The standard InChI is InChI=1S/C14H22N2O2/c1-3-5-11(15)9-14(18)16-12-8-10(4-2)6-7-13(12)17/h6-8,11,17H,3-5,9,15H2,1-2H3,(H,16,18). The molecule has 0 heterocycles. The van der Waals surface area contributed by atoms with Crippen molar-refractivity contribution in [2.75, 3.05) is 5.32 Å². The van der Waals surface area contributed by atoms with Crippen molar-refractivity contribution < 1.29 is 9.90 Å². The third kappa shape index (κ3) is 4.37. The number of benzene rings is 1. The average Bonchev–Trinajstić information content (AvgIpc) is 2.32. The van der Waals surface area contributed by atoms with E-state index in [0.29, 0.717) is 5.69 Å². The molecule has 100 valence electrons. The number of phenolic OH excluding ortho intramolecular Hbond substituents is 1. The van der Waals surface area contributed by atoms with Crippen molar-refractivity contribution in [3.63, 3.8) is 0 Å². The third-order valence-electron chi connectivity index (χ3n) is 2.85. The number of carbonyl (C=O) groups excluding carboxylic acids is 1. The zero-order valence-corrected chi connectivity index (χ0v) is 11.1. The number of aryl methyl sites for hydroxylation is 1. The highest BCUT2D eigenvalue weighted by molar-refractivity contribution is 5.92. The first kappa shape index (κ1) is 14.5. The van der Waals surface area contributed by atoms with Crippen molar-refractivity contribution in [1.82, 2.24) is 0 Å². The minimum absolute atomic E-state index is 0.0876. The van der Waals surface area contributed by atoms with E-state index in [0.717, 1.165) is 24.8 Å². The number of amides is 1. The van der Waals surface area contributed by atoms with Crippen LogP contribution in [0.2, 0.25) is 0 Å². The van der Waals surface area contributed by atoms with Crippen LogP contribution in [0.25, 0.3) is 0 Å². The summed E-state index contributed by atoms with van der Waals surface area (Å²) in [7, 11) is 0. The number of hydrogen-bond donors (Lipinski definition) is 3. The van der Waals surface area contributed by atoms with Gasteiger partial charge >= 0.3 is 0 Å². The van der Waals surface area contributed by atoms with E-state index in [1.165, 1.54) is 0 Å². The molecule has 1 aromatic carbocycles. The summed E-state index contributed by atoms with van der Waals surface area (Å²) in [6.07, 6.45) is 2.93.